The monoisotopic (exact) mass is 308 g/mol. The van der Waals surface area contributed by atoms with Gasteiger partial charge in [0.15, 0.2) is 0 Å². The van der Waals surface area contributed by atoms with Crippen molar-refractivity contribution in [1.82, 2.24) is 9.97 Å². The van der Waals surface area contributed by atoms with Crippen LogP contribution in [0, 0.1) is 0 Å². The first-order valence-electron chi connectivity index (χ1n) is 4.55. The Labute approximate surface area is 120 Å². The lowest BCUT2D eigenvalue weighted by Gasteiger charge is -2.08. The van der Waals surface area contributed by atoms with Gasteiger partial charge < -0.3 is 0 Å². The number of nitrogens with zero attached hydrogens (tertiary/aromatic N) is 2. The average Bonchev–Trinajstić information content (AvgIpc) is 2.31. The summed E-state index contributed by atoms with van der Waals surface area (Å²) in [5, 5.41) is 0.314. The van der Waals surface area contributed by atoms with Gasteiger partial charge in [0.1, 0.15) is 5.15 Å². The van der Waals surface area contributed by atoms with E-state index in [1.54, 1.807) is 30.6 Å². The molecule has 2 nitrogen and oxygen atoms in total. The third-order valence-corrected chi connectivity index (χ3v) is 2.36. The smallest absolute Gasteiger partial charge is 0.232 e. The summed E-state index contributed by atoms with van der Waals surface area (Å²) in [6.07, 6.45) is 3.50. The molecule has 0 aromatic carbocycles. The molecule has 2 aromatic heterocycles. The lowest BCUT2D eigenvalue weighted by atomic mass is 10.4. The first-order valence-corrected chi connectivity index (χ1v) is 6.06. The van der Waals surface area contributed by atoms with Crippen LogP contribution in [0.15, 0.2) is 48.8 Å². The Morgan fingerprint density at radius 1 is 0.882 bits per heavy atom. The summed E-state index contributed by atoms with van der Waals surface area (Å²) >= 11 is 22.2. The Morgan fingerprint density at radius 2 is 1.53 bits per heavy atom. The minimum atomic E-state index is -1.50. The Morgan fingerprint density at radius 3 is 1.82 bits per heavy atom. The van der Waals surface area contributed by atoms with Gasteiger partial charge in [0.05, 0.1) is 5.69 Å². The molecule has 0 amide bonds. The Kier molecular flexibility index (Phi) is 6.00. The van der Waals surface area contributed by atoms with E-state index in [2.05, 4.69) is 9.97 Å². The number of hydrogen-bond donors (Lipinski definition) is 0. The van der Waals surface area contributed by atoms with Crippen molar-refractivity contribution in [2.45, 2.75) is 3.79 Å². The molecule has 0 atom stereocenters. The normalized spacial score (nSPS) is 10.4. The summed E-state index contributed by atoms with van der Waals surface area (Å²) in [7, 11) is 0. The fourth-order valence-corrected chi connectivity index (χ4v) is 1.36. The summed E-state index contributed by atoms with van der Waals surface area (Å²) in [5.41, 5.74) is 0.329. The van der Waals surface area contributed by atoms with Crippen LogP contribution >= 0.6 is 46.4 Å². The van der Waals surface area contributed by atoms with Crippen LogP contribution in [-0.2, 0) is 3.79 Å². The molecule has 0 unspecified atom stereocenters. The molecule has 0 fully saturated rings. The average molecular weight is 310 g/mol. The third-order valence-electron chi connectivity index (χ3n) is 1.57. The molecular formula is C11H8Cl4N2. The maximum atomic E-state index is 5.56. The summed E-state index contributed by atoms with van der Waals surface area (Å²) in [5.74, 6) is 0. The van der Waals surface area contributed by atoms with E-state index in [0.29, 0.717) is 10.8 Å². The van der Waals surface area contributed by atoms with Crippen molar-refractivity contribution < 1.29 is 0 Å². The predicted molar refractivity (Wildman–Crippen MR) is 72.7 cm³/mol. The summed E-state index contributed by atoms with van der Waals surface area (Å²) in [6.45, 7) is 0. The topological polar surface area (TPSA) is 25.8 Å². The standard InChI is InChI=1S/C6H3Cl4N.C5H5N/c7-5-3-1-2-4(11-5)6(8,9)10;1-2-4-6-5-3-1/h1-3H;1-5H. The van der Waals surface area contributed by atoms with Crippen molar-refractivity contribution in [1.29, 1.82) is 0 Å². The second-order valence-electron chi connectivity index (χ2n) is 2.87. The van der Waals surface area contributed by atoms with E-state index < -0.39 is 3.79 Å². The molecule has 17 heavy (non-hydrogen) atoms. The molecule has 2 aromatic rings. The van der Waals surface area contributed by atoms with Crippen molar-refractivity contribution >= 4 is 46.4 Å². The van der Waals surface area contributed by atoms with E-state index in [0.717, 1.165) is 0 Å². The first-order chi connectivity index (χ1) is 8.00. The van der Waals surface area contributed by atoms with E-state index in [-0.39, 0.29) is 0 Å². The van der Waals surface area contributed by atoms with Gasteiger partial charge in [-0.25, -0.2) is 4.98 Å². The molecule has 0 spiro atoms. The number of pyridine rings is 2. The second kappa shape index (κ2) is 7.02. The van der Waals surface area contributed by atoms with E-state index in [1.165, 1.54) is 0 Å². The Hall–Kier alpha value is -0.540. The minimum Gasteiger partial charge on any atom is -0.265 e. The molecule has 0 aliphatic heterocycles. The van der Waals surface area contributed by atoms with Crippen molar-refractivity contribution in [3.63, 3.8) is 0 Å². The lowest BCUT2D eigenvalue weighted by Crippen LogP contribution is -2.02. The molecule has 0 aliphatic rings. The maximum absolute atomic E-state index is 5.56. The molecule has 0 aliphatic carbocycles. The molecule has 90 valence electrons. The van der Waals surface area contributed by atoms with Gasteiger partial charge in [-0.15, -0.1) is 0 Å². The van der Waals surface area contributed by atoms with Crippen LogP contribution in [0.2, 0.25) is 5.15 Å². The molecule has 0 saturated heterocycles. The molecular weight excluding hydrogens is 302 g/mol. The largest absolute Gasteiger partial charge is 0.265 e. The van der Waals surface area contributed by atoms with Crippen molar-refractivity contribution in [2.75, 3.05) is 0 Å². The quantitative estimate of drug-likeness (QED) is 0.523. The maximum Gasteiger partial charge on any atom is 0.232 e. The van der Waals surface area contributed by atoms with Gasteiger partial charge in [0.2, 0.25) is 3.79 Å². The van der Waals surface area contributed by atoms with Gasteiger partial charge in [-0.1, -0.05) is 58.5 Å². The molecule has 6 heteroatoms. The van der Waals surface area contributed by atoms with Gasteiger partial charge in [-0.2, -0.15) is 0 Å². The van der Waals surface area contributed by atoms with E-state index in [9.17, 15) is 0 Å². The Bertz CT molecular complexity index is 416. The highest BCUT2D eigenvalue weighted by molar-refractivity contribution is 6.66. The zero-order valence-corrected chi connectivity index (χ0v) is 11.5. The van der Waals surface area contributed by atoms with Crippen LogP contribution < -0.4 is 0 Å². The van der Waals surface area contributed by atoms with Gasteiger partial charge in [-0.3, -0.25) is 4.98 Å². The molecule has 0 bridgehead atoms. The second-order valence-corrected chi connectivity index (χ2v) is 5.54. The Balaban J connectivity index is 0.000000202. The van der Waals surface area contributed by atoms with Crippen LogP contribution in [0.4, 0.5) is 0 Å². The SMILES string of the molecule is Clc1cccc(C(Cl)(Cl)Cl)n1.c1ccncc1. The fourth-order valence-electron chi connectivity index (χ4n) is 0.879. The van der Waals surface area contributed by atoms with Crippen LogP contribution in [0.5, 0.6) is 0 Å². The first kappa shape index (κ1) is 14.5. The van der Waals surface area contributed by atoms with Crippen LogP contribution in [-0.4, -0.2) is 9.97 Å². The van der Waals surface area contributed by atoms with Crippen LogP contribution in [0.3, 0.4) is 0 Å². The lowest BCUT2D eigenvalue weighted by molar-refractivity contribution is 1.09. The predicted octanol–water partition coefficient (Wildman–Crippen LogP) is 4.64. The van der Waals surface area contributed by atoms with E-state index >= 15 is 0 Å². The number of hydrogen-bond acceptors (Lipinski definition) is 2. The zero-order chi connectivity index (χ0) is 12.7. The van der Waals surface area contributed by atoms with E-state index in [1.807, 2.05) is 18.2 Å². The highest BCUT2D eigenvalue weighted by Crippen LogP contribution is 2.36. The van der Waals surface area contributed by atoms with Crippen LogP contribution in [0.1, 0.15) is 5.69 Å². The van der Waals surface area contributed by atoms with Crippen molar-refractivity contribution in [2.24, 2.45) is 0 Å². The molecule has 0 N–H and O–H groups in total. The molecule has 2 heterocycles. The highest BCUT2D eigenvalue weighted by atomic mass is 35.6. The van der Waals surface area contributed by atoms with Gasteiger partial charge in [0.25, 0.3) is 0 Å². The van der Waals surface area contributed by atoms with Crippen molar-refractivity contribution in [3.8, 4) is 0 Å². The number of aromatic nitrogens is 2. The van der Waals surface area contributed by atoms with E-state index in [4.69, 9.17) is 46.4 Å². The molecule has 2 rings (SSSR count). The summed E-state index contributed by atoms with van der Waals surface area (Å²) < 4.78 is -1.50. The molecule has 0 radical (unpaired) electrons. The minimum absolute atomic E-state index is 0.314. The number of alkyl halides is 3. The molecule has 0 saturated carbocycles. The van der Waals surface area contributed by atoms with Crippen molar-refractivity contribution in [3.05, 3.63) is 59.6 Å². The number of halogens is 4. The van der Waals surface area contributed by atoms with Gasteiger partial charge in [-0.05, 0) is 24.3 Å². The van der Waals surface area contributed by atoms with Gasteiger partial charge in [0, 0.05) is 12.4 Å². The highest BCUT2D eigenvalue weighted by Gasteiger charge is 2.24. The zero-order valence-electron chi connectivity index (χ0n) is 8.53. The van der Waals surface area contributed by atoms with Gasteiger partial charge >= 0.3 is 0 Å². The fraction of sp³-hybridized carbons (Fsp3) is 0.0909. The van der Waals surface area contributed by atoms with Crippen LogP contribution in [0.25, 0.3) is 0 Å². The third kappa shape index (κ3) is 6.08. The number of rotatable bonds is 0. The summed E-state index contributed by atoms with van der Waals surface area (Å²) in [6, 6.07) is 10.6. The summed E-state index contributed by atoms with van der Waals surface area (Å²) in [4.78, 5) is 7.60.